The van der Waals surface area contributed by atoms with Gasteiger partial charge in [0.1, 0.15) is 5.75 Å². The van der Waals surface area contributed by atoms with Gasteiger partial charge in [-0.3, -0.25) is 0 Å². The molecule has 2 aromatic rings. The van der Waals surface area contributed by atoms with Crippen LogP contribution in [0.4, 0.5) is 0 Å². The van der Waals surface area contributed by atoms with Crippen molar-refractivity contribution in [2.24, 2.45) is 0 Å². The van der Waals surface area contributed by atoms with Crippen molar-refractivity contribution in [3.8, 4) is 5.75 Å². The van der Waals surface area contributed by atoms with Crippen LogP contribution in [0.3, 0.4) is 0 Å². The summed E-state index contributed by atoms with van der Waals surface area (Å²) < 4.78 is 6.18. The molecule has 1 nitrogen and oxygen atoms in total. The Balaban J connectivity index is 2.38. The van der Waals surface area contributed by atoms with E-state index in [0.717, 1.165) is 21.3 Å². The van der Waals surface area contributed by atoms with E-state index in [1.165, 1.54) is 5.56 Å². The zero-order chi connectivity index (χ0) is 14.0. The molecule has 0 N–H and O–H groups in total. The van der Waals surface area contributed by atoms with Crippen LogP contribution in [0.25, 0.3) is 0 Å². The molecule has 100 valence electrons. The lowest BCUT2D eigenvalue weighted by molar-refractivity contribution is 0.414. The van der Waals surface area contributed by atoms with Gasteiger partial charge in [0, 0.05) is 9.50 Å². The number of aryl methyl sites for hydroxylation is 1. The van der Waals surface area contributed by atoms with Gasteiger partial charge in [0.2, 0.25) is 0 Å². The molecule has 0 spiro atoms. The van der Waals surface area contributed by atoms with Crippen molar-refractivity contribution < 1.29 is 4.74 Å². The number of hydrogen-bond acceptors (Lipinski definition) is 1. The number of benzene rings is 2. The lowest BCUT2D eigenvalue weighted by atomic mass is 10.0. The summed E-state index contributed by atoms with van der Waals surface area (Å²) in [6, 6.07) is 11.6. The fourth-order valence-electron chi connectivity index (χ4n) is 1.79. The average Bonchev–Trinajstić information content (AvgIpc) is 2.41. The SMILES string of the molecule is COc1ccc(C(Cl)c2ccc(C)c(Br)c2)c(Cl)c1. The van der Waals surface area contributed by atoms with Gasteiger partial charge in [-0.2, -0.15) is 0 Å². The van der Waals surface area contributed by atoms with Crippen molar-refractivity contribution in [2.75, 3.05) is 7.11 Å². The Bertz CT molecular complexity index is 599. The molecule has 0 saturated heterocycles. The second-order valence-corrected chi connectivity index (χ2v) is 5.96. The number of ether oxygens (including phenoxy) is 1. The van der Waals surface area contributed by atoms with E-state index in [0.29, 0.717) is 5.02 Å². The van der Waals surface area contributed by atoms with Crippen LogP contribution in [0.15, 0.2) is 40.9 Å². The third-order valence-electron chi connectivity index (χ3n) is 2.97. The van der Waals surface area contributed by atoms with Crippen molar-refractivity contribution in [3.05, 3.63) is 62.6 Å². The minimum Gasteiger partial charge on any atom is -0.497 e. The molecule has 0 bridgehead atoms. The zero-order valence-corrected chi connectivity index (χ0v) is 13.7. The summed E-state index contributed by atoms with van der Waals surface area (Å²) in [5.74, 6) is 0.725. The molecule has 1 atom stereocenters. The fraction of sp³-hybridized carbons (Fsp3) is 0.200. The van der Waals surface area contributed by atoms with Crippen LogP contribution >= 0.6 is 39.1 Å². The highest BCUT2D eigenvalue weighted by Gasteiger charge is 2.15. The van der Waals surface area contributed by atoms with Gasteiger partial charge in [0.25, 0.3) is 0 Å². The van der Waals surface area contributed by atoms with E-state index in [-0.39, 0.29) is 5.38 Å². The van der Waals surface area contributed by atoms with Gasteiger partial charge in [0.05, 0.1) is 12.5 Å². The monoisotopic (exact) mass is 358 g/mol. The predicted molar refractivity (Wildman–Crippen MR) is 84.6 cm³/mol. The van der Waals surface area contributed by atoms with Crippen LogP contribution in [0.5, 0.6) is 5.75 Å². The Morgan fingerprint density at radius 3 is 2.47 bits per heavy atom. The molecule has 2 rings (SSSR count). The first-order chi connectivity index (χ1) is 9.02. The highest BCUT2D eigenvalue weighted by Crippen LogP contribution is 2.36. The smallest absolute Gasteiger partial charge is 0.120 e. The summed E-state index contributed by atoms with van der Waals surface area (Å²) in [6.45, 7) is 2.04. The van der Waals surface area contributed by atoms with E-state index in [2.05, 4.69) is 15.9 Å². The second kappa shape index (κ2) is 6.17. The molecule has 0 saturated carbocycles. The summed E-state index contributed by atoms with van der Waals surface area (Å²) in [6.07, 6.45) is 0. The molecule has 19 heavy (non-hydrogen) atoms. The van der Waals surface area contributed by atoms with Gasteiger partial charge in [-0.05, 0) is 41.8 Å². The molecule has 0 aromatic heterocycles. The maximum absolute atomic E-state index is 6.51. The van der Waals surface area contributed by atoms with Crippen LogP contribution in [-0.4, -0.2) is 7.11 Å². The van der Waals surface area contributed by atoms with E-state index in [1.54, 1.807) is 13.2 Å². The number of hydrogen-bond donors (Lipinski definition) is 0. The van der Waals surface area contributed by atoms with Crippen molar-refractivity contribution >= 4 is 39.1 Å². The van der Waals surface area contributed by atoms with Crippen LogP contribution in [0, 0.1) is 6.92 Å². The molecular formula is C15H13BrCl2O. The number of rotatable bonds is 3. The lowest BCUT2D eigenvalue weighted by Crippen LogP contribution is -1.96. The lowest BCUT2D eigenvalue weighted by Gasteiger charge is -2.14. The maximum Gasteiger partial charge on any atom is 0.120 e. The Hall–Kier alpha value is -0.700. The normalized spacial score (nSPS) is 12.3. The Morgan fingerprint density at radius 1 is 1.16 bits per heavy atom. The maximum atomic E-state index is 6.51. The Labute approximate surface area is 131 Å². The minimum absolute atomic E-state index is 0.282. The molecule has 0 fully saturated rings. The van der Waals surface area contributed by atoms with Crippen LogP contribution < -0.4 is 4.74 Å². The molecule has 0 aliphatic heterocycles. The summed E-state index contributed by atoms with van der Waals surface area (Å²) in [5.41, 5.74) is 3.06. The van der Waals surface area contributed by atoms with E-state index in [4.69, 9.17) is 27.9 Å². The van der Waals surface area contributed by atoms with Gasteiger partial charge in [0.15, 0.2) is 0 Å². The molecule has 1 unspecified atom stereocenters. The average molecular weight is 360 g/mol. The van der Waals surface area contributed by atoms with Gasteiger partial charge in [-0.25, -0.2) is 0 Å². The second-order valence-electron chi connectivity index (χ2n) is 4.26. The predicted octanol–water partition coefficient (Wildman–Crippen LogP) is 5.75. The third-order valence-corrected chi connectivity index (χ3v) is 4.64. The van der Waals surface area contributed by atoms with Crippen LogP contribution in [0.1, 0.15) is 22.1 Å². The summed E-state index contributed by atoms with van der Waals surface area (Å²) in [7, 11) is 1.61. The topological polar surface area (TPSA) is 9.23 Å². The largest absolute Gasteiger partial charge is 0.497 e. The molecule has 0 radical (unpaired) electrons. The van der Waals surface area contributed by atoms with Gasteiger partial charge in [-0.15, -0.1) is 11.6 Å². The molecule has 0 amide bonds. The van der Waals surface area contributed by atoms with Crippen molar-refractivity contribution in [1.82, 2.24) is 0 Å². The standard InChI is InChI=1S/C15H13BrCl2O/c1-9-3-4-10(7-13(9)16)15(18)12-6-5-11(19-2)8-14(12)17/h3-8,15H,1-2H3. The van der Waals surface area contributed by atoms with Gasteiger partial charge < -0.3 is 4.74 Å². The van der Waals surface area contributed by atoms with Crippen molar-refractivity contribution in [2.45, 2.75) is 12.3 Å². The molecule has 0 aliphatic carbocycles. The summed E-state index contributed by atoms with van der Waals surface area (Å²) in [4.78, 5) is 0. The molecule has 2 aromatic carbocycles. The molecule has 0 aliphatic rings. The molecule has 0 heterocycles. The number of alkyl halides is 1. The van der Waals surface area contributed by atoms with E-state index < -0.39 is 0 Å². The van der Waals surface area contributed by atoms with Crippen molar-refractivity contribution in [3.63, 3.8) is 0 Å². The van der Waals surface area contributed by atoms with E-state index >= 15 is 0 Å². The van der Waals surface area contributed by atoms with Crippen LogP contribution in [-0.2, 0) is 0 Å². The first-order valence-corrected chi connectivity index (χ1v) is 7.37. The first kappa shape index (κ1) is 14.7. The zero-order valence-electron chi connectivity index (χ0n) is 10.6. The number of methoxy groups -OCH3 is 1. The summed E-state index contributed by atoms with van der Waals surface area (Å²) in [5, 5.41) is 0.325. The van der Waals surface area contributed by atoms with Gasteiger partial charge in [-0.1, -0.05) is 45.7 Å². The molecule has 4 heteroatoms. The van der Waals surface area contributed by atoms with Crippen LogP contribution in [0.2, 0.25) is 5.02 Å². The highest BCUT2D eigenvalue weighted by atomic mass is 79.9. The quantitative estimate of drug-likeness (QED) is 0.634. The third kappa shape index (κ3) is 3.25. The fourth-order valence-corrected chi connectivity index (χ4v) is 2.84. The van der Waals surface area contributed by atoms with E-state index in [1.807, 2.05) is 37.3 Å². The molecular weight excluding hydrogens is 347 g/mol. The number of halogens is 3. The summed E-state index contributed by atoms with van der Waals surface area (Å²) >= 11 is 16.3. The van der Waals surface area contributed by atoms with E-state index in [9.17, 15) is 0 Å². The highest BCUT2D eigenvalue weighted by molar-refractivity contribution is 9.10. The minimum atomic E-state index is -0.282. The van der Waals surface area contributed by atoms with Gasteiger partial charge >= 0.3 is 0 Å². The first-order valence-electron chi connectivity index (χ1n) is 5.76. The Kier molecular flexibility index (Phi) is 4.77. The Morgan fingerprint density at radius 2 is 1.89 bits per heavy atom. The van der Waals surface area contributed by atoms with Crippen molar-refractivity contribution in [1.29, 1.82) is 0 Å².